The summed E-state index contributed by atoms with van der Waals surface area (Å²) in [4.78, 5) is 11.3. The Morgan fingerprint density at radius 2 is 2.25 bits per heavy atom. The number of amides is 1. The number of carbonyl (C=O) groups is 1. The van der Waals surface area contributed by atoms with Gasteiger partial charge in [0.2, 0.25) is 5.91 Å². The molecule has 0 heterocycles. The van der Waals surface area contributed by atoms with Crippen LogP contribution in [0.2, 0.25) is 0 Å². The summed E-state index contributed by atoms with van der Waals surface area (Å²) in [6.07, 6.45) is 0.377. The van der Waals surface area contributed by atoms with Crippen LogP contribution in [-0.2, 0) is 4.79 Å². The molecule has 1 unspecified atom stereocenters. The summed E-state index contributed by atoms with van der Waals surface area (Å²) in [5, 5.41) is 2.79. The Kier molecular flexibility index (Phi) is 4.80. The van der Waals surface area contributed by atoms with Crippen molar-refractivity contribution < 1.29 is 9.18 Å². The molecular weight excluding hydrogens is 225 g/mol. The quantitative estimate of drug-likeness (QED) is 0.780. The van der Waals surface area contributed by atoms with Crippen LogP contribution in [-0.4, -0.2) is 11.7 Å². The van der Waals surface area contributed by atoms with Gasteiger partial charge < -0.3 is 5.32 Å². The van der Waals surface area contributed by atoms with Crippen molar-refractivity contribution in [3.63, 3.8) is 0 Å². The fraction of sp³-hybridized carbons (Fsp3) is 0.417. The van der Waals surface area contributed by atoms with Gasteiger partial charge in [0.1, 0.15) is 5.82 Å². The number of hydrogen-bond donors (Lipinski definition) is 2. The first kappa shape index (κ1) is 13.0. The van der Waals surface area contributed by atoms with Gasteiger partial charge in [0.05, 0.1) is 6.04 Å². The van der Waals surface area contributed by atoms with Crippen molar-refractivity contribution in [2.24, 2.45) is 0 Å². The van der Waals surface area contributed by atoms with E-state index < -0.39 is 0 Å². The average molecular weight is 241 g/mol. The number of rotatable bonds is 4. The standard InChI is InChI=1S/C12H16FNOS/c1-8-3-4-10(7-11(8)13)9(2)14-12(15)5-6-16/h3-4,7,9,16H,5-6H2,1-2H3,(H,14,15). The van der Waals surface area contributed by atoms with Crippen molar-refractivity contribution in [2.45, 2.75) is 26.3 Å². The molecule has 0 spiro atoms. The number of nitrogens with one attached hydrogen (secondary N) is 1. The van der Waals surface area contributed by atoms with Gasteiger partial charge in [0.25, 0.3) is 0 Å². The molecule has 0 aliphatic rings. The molecule has 0 radical (unpaired) electrons. The van der Waals surface area contributed by atoms with E-state index in [0.717, 1.165) is 5.56 Å². The number of halogens is 1. The summed E-state index contributed by atoms with van der Waals surface area (Å²) in [5.41, 5.74) is 1.38. The second-order valence-corrected chi connectivity index (χ2v) is 4.22. The third-order valence-corrected chi connectivity index (χ3v) is 2.64. The third kappa shape index (κ3) is 3.52. The monoisotopic (exact) mass is 241 g/mol. The molecule has 1 atom stereocenters. The van der Waals surface area contributed by atoms with Gasteiger partial charge in [0.15, 0.2) is 0 Å². The molecule has 16 heavy (non-hydrogen) atoms. The van der Waals surface area contributed by atoms with E-state index in [1.54, 1.807) is 13.0 Å². The van der Waals surface area contributed by atoms with E-state index >= 15 is 0 Å². The highest BCUT2D eigenvalue weighted by Gasteiger charge is 2.10. The number of hydrogen-bond acceptors (Lipinski definition) is 2. The lowest BCUT2D eigenvalue weighted by atomic mass is 10.1. The molecule has 1 rings (SSSR count). The van der Waals surface area contributed by atoms with E-state index in [1.165, 1.54) is 6.07 Å². The second kappa shape index (κ2) is 5.89. The van der Waals surface area contributed by atoms with Crippen molar-refractivity contribution in [1.82, 2.24) is 5.32 Å². The van der Waals surface area contributed by atoms with E-state index in [4.69, 9.17) is 0 Å². The summed E-state index contributed by atoms with van der Waals surface area (Å²) in [6.45, 7) is 3.55. The van der Waals surface area contributed by atoms with Gasteiger partial charge in [-0.2, -0.15) is 12.6 Å². The van der Waals surface area contributed by atoms with E-state index in [2.05, 4.69) is 17.9 Å². The van der Waals surface area contributed by atoms with Crippen LogP contribution >= 0.6 is 12.6 Å². The molecule has 2 nitrogen and oxygen atoms in total. The average Bonchev–Trinajstić information content (AvgIpc) is 2.22. The highest BCUT2D eigenvalue weighted by atomic mass is 32.1. The molecule has 1 aromatic carbocycles. The zero-order valence-electron chi connectivity index (χ0n) is 9.46. The van der Waals surface area contributed by atoms with Gasteiger partial charge in [0, 0.05) is 6.42 Å². The van der Waals surface area contributed by atoms with Gasteiger partial charge in [-0.15, -0.1) is 0 Å². The van der Waals surface area contributed by atoms with Gasteiger partial charge >= 0.3 is 0 Å². The Balaban J connectivity index is 2.69. The first-order chi connectivity index (χ1) is 7.54. The van der Waals surface area contributed by atoms with Crippen LogP contribution in [0, 0.1) is 12.7 Å². The lowest BCUT2D eigenvalue weighted by Gasteiger charge is -2.14. The molecule has 88 valence electrons. The van der Waals surface area contributed by atoms with Crippen molar-refractivity contribution >= 4 is 18.5 Å². The topological polar surface area (TPSA) is 29.1 Å². The predicted molar refractivity (Wildman–Crippen MR) is 66.2 cm³/mol. The Morgan fingerprint density at radius 1 is 1.56 bits per heavy atom. The fourth-order valence-electron chi connectivity index (χ4n) is 1.38. The smallest absolute Gasteiger partial charge is 0.221 e. The van der Waals surface area contributed by atoms with E-state index in [1.807, 2.05) is 13.0 Å². The van der Waals surface area contributed by atoms with Gasteiger partial charge in [-0.3, -0.25) is 4.79 Å². The lowest BCUT2D eigenvalue weighted by Crippen LogP contribution is -2.26. The molecule has 0 saturated heterocycles. The van der Waals surface area contributed by atoms with Crippen LogP contribution < -0.4 is 5.32 Å². The van der Waals surface area contributed by atoms with Gasteiger partial charge in [-0.1, -0.05) is 12.1 Å². The second-order valence-electron chi connectivity index (χ2n) is 3.77. The highest BCUT2D eigenvalue weighted by Crippen LogP contribution is 2.16. The first-order valence-electron chi connectivity index (χ1n) is 5.21. The largest absolute Gasteiger partial charge is 0.350 e. The van der Waals surface area contributed by atoms with Crippen molar-refractivity contribution in [3.05, 3.63) is 35.1 Å². The van der Waals surface area contributed by atoms with Crippen molar-refractivity contribution in [2.75, 3.05) is 5.75 Å². The number of benzene rings is 1. The summed E-state index contributed by atoms with van der Waals surface area (Å²) < 4.78 is 13.3. The molecule has 1 N–H and O–H groups in total. The third-order valence-electron chi connectivity index (χ3n) is 2.41. The normalized spacial score (nSPS) is 12.2. The van der Waals surface area contributed by atoms with Crippen molar-refractivity contribution in [1.29, 1.82) is 0 Å². The van der Waals surface area contributed by atoms with Crippen LogP contribution in [0.25, 0.3) is 0 Å². The van der Waals surface area contributed by atoms with Gasteiger partial charge in [-0.25, -0.2) is 4.39 Å². The lowest BCUT2D eigenvalue weighted by molar-refractivity contribution is -0.121. The molecule has 1 aromatic rings. The number of thiol groups is 1. The SMILES string of the molecule is Cc1ccc(C(C)NC(=O)CCS)cc1F. The Bertz CT molecular complexity index is 381. The predicted octanol–water partition coefficient (Wildman–Crippen LogP) is 2.63. The fourth-order valence-corrected chi connectivity index (χ4v) is 1.58. The molecule has 0 aliphatic carbocycles. The highest BCUT2D eigenvalue weighted by molar-refractivity contribution is 7.80. The number of carbonyl (C=O) groups excluding carboxylic acids is 1. The maximum Gasteiger partial charge on any atom is 0.221 e. The molecule has 4 heteroatoms. The molecular formula is C12H16FNOS. The molecule has 0 bridgehead atoms. The Morgan fingerprint density at radius 3 is 2.81 bits per heavy atom. The minimum atomic E-state index is -0.243. The number of aryl methyl sites for hydroxylation is 1. The maximum atomic E-state index is 13.3. The minimum Gasteiger partial charge on any atom is -0.350 e. The minimum absolute atomic E-state index is 0.0662. The van der Waals surface area contributed by atoms with Crippen LogP contribution in [0.3, 0.4) is 0 Å². The zero-order chi connectivity index (χ0) is 12.1. The summed E-state index contributed by atoms with van der Waals surface area (Å²) >= 11 is 3.98. The van der Waals surface area contributed by atoms with E-state index in [0.29, 0.717) is 17.7 Å². The van der Waals surface area contributed by atoms with E-state index in [-0.39, 0.29) is 17.8 Å². The summed E-state index contributed by atoms with van der Waals surface area (Å²) in [5.74, 6) is 0.206. The van der Waals surface area contributed by atoms with Crippen LogP contribution in [0.4, 0.5) is 4.39 Å². The van der Waals surface area contributed by atoms with Crippen LogP contribution in [0.15, 0.2) is 18.2 Å². The molecule has 0 aliphatic heterocycles. The first-order valence-corrected chi connectivity index (χ1v) is 5.84. The van der Waals surface area contributed by atoms with Crippen LogP contribution in [0.5, 0.6) is 0 Å². The van der Waals surface area contributed by atoms with Crippen LogP contribution in [0.1, 0.15) is 30.5 Å². The maximum absolute atomic E-state index is 13.3. The summed E-state index contributed by atoms with van der Waals surface area (Å²) in [7, 11) is 0. The molecule has 0 fully saturated rings. The summed E-state index contributed by atoms with van der Waals surface area (Å²) in [6, 6.07) is 4.82. The molecule has 1 amide bonds. The Labute approximate surface area is 101 Å². The molecule has 0 aromatic heterocycles. The Hall–Kier alpha value is -1.03. The van der Waals surface area contributed by atoms with E-state index in [9.17, 15) is 9.18 Å². The molecule has 0 saturated carbocycles. The van der Waals surface area contributed by atoms with Crippen molar-refractivity contribution in [3.8, 4) is 0 Å². The van der Waals surface area contributed by atoms with Gasteiger partial charge in [-0.05, 0) is 36.8 Å². The zero-order valence-corrected chi connectivity index (χ0v) is 10.4.